The quantitative estimate of drug-likeness (QED) is 0.605. The summed E-state index contributed by atoms with van der Waals surface area (Å²) in [5, 5.41) is -1.17. The minimum absolute atomic E-state index is 0.337. The highest BCUT2D eigenvalue weighted by Gasteiger charge is 2.32. The number of hydrogen-bond donors (Lipinski definition) is 0. The second-order valence-electron chi connectivity index (χ2n) is 4.69. The smallest absolute Gasteiger partial charge is 0.165 e. The maximum atomic E-state index is 12.5. The Labute approximate surface area is 132 Å². The van der Waals surface area contributed by atoms with Crippen LogP contribution in [0.25, 0.3) is 6.08 Å². The van der Waals surface area contributed by atoms with Crippen LogP contribution < -0.4 is 0 Å². The lowest BCUT2D eigenvalue weighted by Gasteiger charge is -2.05. The van der Waals surface area contributed by atoms with Crippen molar-refractivity contribution < 1.29 is 13.2 Å². The van der Waals surface area contributed by atoms with Crippen LogP contribution >= 0.6 is 11.6 Å². The fourth-order valence-corrected chi connectivity index (χ4v) is 1.85. The van der Waals surface area contributed by atoms with E-state index in [4.69, 9.17) is 11.6 Å². The van der Waals surface area contributed by atoms with Crippen molar-refractivity contribution in [2.24, 2.45) is 0 Å². The third kappa shape index (κ3) is 4.41. The van der Waals surface area contributed by atoms with E-state index in [9.17, 15) is 13.2 Å². The first-order valence-electron chi connectivity index (χ1n) is 6.48. The lowest BCUT2D eigenvalue weighted by atomic mass is 10.1. The van der Waals surface area contributed by atoms with Gasteiger partial charge in [0.1, 0.15) is 5.03 Å². The largest absolute Gasteiger partial charge is 0.426 e. The summed E-state index contributed by atoms with van der Waals surface area (Å²) in [7, 11) is 0. The Morgan fingerprint density at radius 1 is 1.00 bits per heavy atom. The minimum Gasteiger partial charge on any atom is -0.165 e. The summed E-state index contributed by atoms with van der Waals surface area (Å²) in [6.07, 6.45) is -3.67. The summed E-state index contributed by atoms with van der Waals surface area (Å²) < 4.78 is 37.6. The first kappa shape index (κ1) is 16.2. The van der Waals surface area contributed by atoms with Gasteiger partial charge in [0, 0.05) is 11.1 Å². The van der Waals surface area contributed by atoms with Crippen LogP contribution in [0.15, 0.2) is 53.6 Å². The topological polar surface area (TPSA) is 0 Å². The van der Waals surface area contributed by atoms with Crippen molar-refractivity contribution in [3.05, 3.63) is 75.8 Å². The van der Waals surface area contributed by atoms with E-state index in [1.54, 1.807) is 24.3 Å². The highest BCUT2D eigenvalue weighted by atomic mass is 35.5. The molecule has 0 aromatic heterocycles. The predicted molar refractivity (Wildman–Crippen MR) is 83.5 cm³/mol. The minimum atomic E-state index is -4.56. The first-order valence-corrected chi connectivity index (χ1v) is 6.86. The van der Waals surface area contributed by atoms with Gasteiger partial charge in [0.05, 0.1) is 0 Å². The van der Waals surface area contributed by atoms with Crippen LogP contribution in [0, 0.1) is 18.8 Å². The van der Waals surface area contributed by atoms with Crippen molar-refractivity contribution in [3.8, 4) is 11.8 Å². The molecule has 0 aliphatic carbocycles. The summed E-state index contributed by atoms with van der Waals surface area (Å²) in [5.41, 5.74) is 2.74. The van der Waals surface area contributed by atoms with Gasteiger partial charge in [-0.2, -0.15) is 13.2 Å². The van der Waals surface area contributed by atoms with Crippen molar-refractivity contribution in [1.29, 1.82) is 0 Å². The molecule has 2 aromatic carbocycles. The third-order valence-corrected chi connectivity index (χ3v) is 3.23. The van der Waals surface area contributed by atoms with Gasteiger partial charge >= 0.3 is 6.18 Å². The van der Waals surface area contributed by atoms with Gasteiger partial charge in [0.25, 0.3) is 0 Å². The average Bonchev–Trinajstić information content (AvgIpc) is 2.47. The van der Waals surface area contributed by atoms with Crippen molar-refractivity contribution >= 4 is 17.7 Å². The summed E-state index contributed by atoms with van der Waals surface area (Å²) in [6, 6.07) is 14.2. The zero-order chi connectivity index (χ0) is 16.2. The fraction of sp³-hybridized carbons (Fsp3) is 0.111. The molecule has 4 heteroatoms. The number of rotatable bonds is 1. The van der Waals surface area contributed by atoms with Gasteiger partial charge < -0.3 is 0 Å². The third-order valence-electron chi connectivity index (χ3n) is 2.91. The summed E-state index contributed by atoms with van der Waals surface area (Å²) in [5.74, 6) is 5.82. The number of hydrogen-bond acceptors (Lipinski definition) is 0. The van der Waals surface area contributed by atoms with E-state index in [0.717, 1.165) is 17.2 Å². The normalized spacial score (nSPS) is 11.8. The number of alkyl halides is 3. The molecule has 0 bridgehead atoms. The summed E-state index contributed by atoms with van der Waals surface area (Å²) >= 11 is 5.29. The molecule has 112 valence electrons. The Hall–Kier alpha value is -2.18. The zero-order valence-electron chi connectivity index (χ0n) is 11.7. The Balaban J connectivity index is 2.36. The van der Waals surface area contributed by atoms with Gasteiger partial charge in [0.2, 0.25) is 0 Å². The Morgan fingerprint density at radius 2 is 1.64 bits per heavy atom. The van der Waals surface area contributed by atoms with Crippen LogP contribution in [0.1, 0.15) is 22.3 Å². The van der Waals surface area contributed by atoms with Crippen LogP contribution in [0.4, 0.5) is 13.2 Å². The van der Waals surface area contributed by atoms with E-state index in [1.165, 1.54) is 0 Å². The molecule has 22 heavy (non-hydrogen) atoms. The van der Waals surface area contributed by atoms with E-state index in [0.29, 0.717) is 11.1 Å². The highest BCUT2D eigenvalue weighted by Crippen LogP contribution is 2.30. The van der Waals surface area contributed by atoms with Gasteiger partial charge in [0.15, 0.2) is 0 Å². The molecule has 0 N–H and O–H groups in total. The molecule has 0 atom stereocenters. The van der Waals surface area contributed by atoms with E-state index in [1.807, 2.05) is 31.2 Å². The zero-order valence-corrected chi connectivity index (χ0v) is 12.5. The van der Waals surface area contributed by atoms with Gasteiger partial charge in [-0.05, 0) is 36.8 Å². The second-order valence-corrected chi connectivity index (χ2v) is 5.10. The standard InChI is InChI=1S/C18H12ClF3/c1-13-6-8-14(9-7-13)10-11-15-4-2-3-5-16(15)12-17(19)18(20,21)22/h2-9,12H,1H3. The summed E-state index contributed by atoms with van der Waals surface area (Å²) in [6.45, 7) is 1.97. The van der Waals surface area contributed by atoms with Crippen LogP contribution in [0.2, 0.25) is 0 Å². The Bertz CT molecular complexity index is 744. The van der Waals surface area contributed by atoms with E-state index in [2.05, 4.69) is 11.8 Å². The van der Waals surface area contributed by atoms with Crippen LogP contribution in [0.5, 0.6) is 0 Å². The van der Waals surface area contributed by atoms with Crippen LogP contribution in [-0.2, 0) is 0 Å². The Kier molecular flexibility index (Phi) is 4.95. The molecule has 0 amide bonds. The van der Waals surface area contributed by atoms with Crippen molar-refractivity contribution in [2.45, 2.75) is 13.1 Å². The molecular weight excluding hydrogens is 309 g/mol. The molecule has 0 spiro atoms. The molecule has 0 saturated carbocycles. The van der Waals surface area contributed by atoms with Crippen LogP contribution in [0.3, 0.4) is 0 Å². The molecule has 0 aliphatic rings. The fourth-order valence-electron chi connectivity index (χ4n) is 1.73. The second kappa shape index (κ2) is 6.72. The summed E-state index contributed by atoms with van der Waals surface area (Å²) in [4.78, 5) is 0. The van der Waals surface area contributed by atoms with Crippen molar-refractivity contribution in [2.75, 3.05) is 0 Å². The molecule has 2 aromatic rings. The Morgan fingerprint density at radius 3 is 2.27 bits per heavy atom. The number of benzene rings is 2. The number of halogens is 4. The molecule has 0 fully saturated rings. The van der Waals surface area contributed by atoms with Gasteiger partial charge in [-0.3, -0.25) is 0 Å². The van der Waals surface area contributed by atoms with Crippen molar-refractivity contribution in [3.63, 3.8) is 0 Å². The molecule has 0 nitrogen and oxygen atoms in total. The maximum Gasteiger partial charge on any atom is 0.426 e. The molecule has 0 radical (unpaired) electrons. The lowest BCUT2D eigenvalue weighted by molar-refractivity contribution is -0.0836. The highest BCUT2D eigenvalue weighted by molar-refractivity contribution is 6.32. The predicted octanol–water partition coefficient (Wildman–Crippen LogP) is 5.54. The van der Waals surface area contributed by atoms with E-state index >= 15 is 0 Å². The van der Waals surface area contributed by atoms with Gasteiger partial charge in [-0.1, -0.05) is 59.3 Å². The molecule has 0 saturated heterocycles. The molecule has 0 aliphatic heterocycles. The maximum absolute atomic E-state index is 12.5. The molecule has 0 heterocycles. The lowest BCUT2D eigenvalue weighted by Crippen LogP contribution is -2.06. The van der Waals surface area contributed by atoms with Crippen molar-refractivity contribution in [1.82, 2.24) is 0 Å². The van der Waals surface area contributed by atoms with E-state index in [-0.39, 0.29) is 0 Å². The van der Waals surface area contributed by atoms with Gasteiger partial charge in [-0.25, -0.2) is 0 Å². The molecular formula is C18H12ClF3. The monoisotopic (exact) mass is 320 g/mol. The molecule has 2 rings (SSSR count). The SMILES string of the molecule is Cc1ccc(C#Cc2ccccc2C=C(Cl)C(F)(F)F)cc1. The van der Waals surface area contributed by atoms with Gasteiger partial charge in [-0.15, -0.1) is 0 Å². The average molecular weight is 321 g/mol. The van der Waals surface area contributed by atoms with Crippen LogP contribution in [-0.4, -0.2) is 6.18 Å². The number of aryl methyl sites for hydroxylation is 1. The molecule has 0 unspecified atom stereocenters. The van der Waals surface area contributed by atoms with E-state index < -0.39 is 11.2 Å². The first-order chi connectivity index (χ1) is 10.4. The number of allylic oxidation sites excluding steroid dienone is 1.